The smallest absolute Gasteiger partial charge is 0.360 e. The Labute approximate surface area is 172 Å². The number of oxazole rings is 1. The van der Waals surface area contributed by atoms with Gasteiger partial charge in [0.1, 0.15) is 12.0 Å². The van der Waals surface area contributed by atoms with Crippen molar-refractivity contribution in [1.82, 2.24) is 9.88 Å². The SMILES string of the molecule is CCCCOc1ccc(C(=O)N(CCC(C)C)Cc2nc(C(=O)OC)co2)cc1. The van der Waals surface area contributed by atoms with Gasteiger partial charge in [-0.25, -0.2) is 9.78 Å². The molecule has 1 aromatic heterocycles. The van der Waals surface area contributed by atoms with Crippen LogP contribution in [0, 0.1) is 5.92 Å². The molecule has 0 atom stereocenters. The van der Waals surface area contributed by atoms with Crippen molar-refractivity contribution in [3.8, 4) is 5.75 Å². The highest BCUT2D eigenvalue weighted by Gasteiger charge is 2.20. The molecule has 0 radical (unpaired) electrons. The van der Waals surface area contributed by atoms with Crippen LogP contribution in [-0.4, -0.2) is 42.0 Å². The molecule has 0 aliphatic rings. The average molecular weight is 402 g/mol. The molecule has 7 heteroatoms. The highest BCUT2D eigenvalue weighted by Crippen LogP contribution is 2.17. The summed E-state index contributed by atoms with van der Waals surface area (Å²) in [6.07, 6.45) is 4.15. The molecule has 2 rings (SSSR count). The van der Waals surface area contributed by atoms with Crippen LogP contribution in [0.1, 0.15) is 66.8 Å². The molecule has 0 bridgehead atoms. The van der Waals surface area contributed by atoms with Gasteiger partial charge in [-0.2, -0.15) is 0 Å². The van der Waals surface area contributed by atoms with Crippen LogP contribution in [0.3, 0.4) is 0 Å². The molecule has 1 amide bonds. The number of esters is 1. The average Bonchev–Trinajstić information content (AvgIpc) is 3.19. The summed E-state index contributed by atoms with van der Waals surface area (Å²) in [6.45, 7) is 7.71. The molecule has 0 saturated carbocycles. The maximum absolute atomic E-state index is 13.1. The molecule has 2 aromatic rings. The molecule has 7 nitrogen and oxygen atoms in total. The number of ether oxygens (including phenoxy) is 2. The fourth-order valence-corrected chi connectivity index (χ4v) is 2.62. The zero-order chi connectivity index (χ0) is 21.2. The van der Waals surface area contributed by atoms with Crippen LogP contribution < -0.4 is 4.74 Å². The second-order valence-corrected chi connectivity index (χ2v) is 7.25. The van der Waals surface area contributed by atoms with Gasteiger partial charge in [0, 0.05) is 12.1 Å². The summed E-state index contributed by atoms with van der Waals surface area (Å²) >= 11 is 0. The number of carbonyl (C=O) groups is 2. The number of benzene rings is 1. The lowest BCUT2D eigenvalue weighted by Gasteiger charge is -2.22. The van der Waals surface area contributed by atoms with Crippen molar-refractivity contribution in [2.75, 3.05) is 20.3 Å². The van der Waals surface area contributed by atoms with Crippen LogP contribution in [0.5, 0.6) is 5.75 Å². The number of nitrogens with zero attached hydrogens (tertiary/aromatic N) is 2. The third-order valence-electron chi connectivity index (χ3n) is 4.40. The monoisotopic (exact) mass is 402 g/mol. The van der Waals surface area contributed by atoms with Gasteiger partial charge < -0.3 is 18.8 Å². The largest absolute Gasteiger partial charge is 0.494 e. The Kier molecular flexibility index (Phi) is 8.70. The number of hydrogen-bond acceptors (Lipinski definition) is 6. The van der Waals surface area contributed by atoms with Gasteiger partial charge in [0.2, 0.25) is 5.89 Å². The first kappa shape index (κ1) is 22.5. The zero-order valence-electron chi connectivity index (χ0n) is 17.6. The van der Waals surface area contributed by atoms with Crippen molar-refractivity contribution < 1.29 is 23.5 Å². The van der Waals surface area contributed by atoms with E-state index in [-0.39, 0.29) is 18.1 Å². The molecule has 0 saturated heterocycles. The maximum Gasteiger partial charge on any atom is 0.360 e. The number of rotatable bonds is 11. The van der Waals surface area contributed by atoms with E-state index in [1.807, 2.05) is 12.1 Å². The number of aromatic nitrogens is 1. The first-order chi connectivity index (χ1) is 13.9. The molecule has 0 N–H and O–H groups in total. The van der Waals surface area contributed by atoms with Crippen LogP contribution >= 0.6 is 0 Å². The third kappa shape index (κ3) is 6.93. The molecule has 0 fully saturated rings. The van der Waals surface area contributed by atoms with Crippen molar-refractivity contribution in [1.29, 1.82) is 0 Å². The predicted molar refractivity (Wildman–Crippen MR) is 109 cm³/mol. The maximum atomic E-state index is 13.1. The Balaban J connectivity index is 2.10. The Bertz CT molecular complexity index is 783. The van der Waals surface area contributed by atoms with E-state index in [0.717, 1.165) is 25.0 Å². The summed E-state index contributed by atoms with van der Waals surface area (Å²) in [4.78, 5) is 30.4. The number of hydrogen-bond donors (Lipinski definition) is 0. The minimum atomic E-state index is -0.571. The van der Waals surface area contributed by atoms with Crippen LogP contribution in [0.25, 0.3) is 0 Å². The van der Waals surface area contributed by atoms with E-state index in [1.165, 1.54) is 13.4 Å². The van der Waals surface area contributed by atoms with E-state index < -0.39 is 5.97 Å². The zero-order valence-corrected chi connectivity index (χ0v) is 17.6. The van der Waals surface area contributed by atoms with Crippen molar-refractivity contribution in [3.63, 3.8) is 0 Å². The quantitative estimate of drug-likeness (QED) is 0.411. The lowest BCUT2D eigenvalue weighted by molar-refractivity contribution is 0.0594. The third-order valence-corrected chi connectivity index (χ3v) is 4.40. The van der Waals surface area contributed by atoms with Gasteiger partial charge in [-0.3, -0.25) is 4.79 Å². The minimum absolute atomic E-state index is 0.0901. The van der Waals surface area contributed by atoms with Crippen molar-refractivity contribution in [2.45, 2.75) is 46.6 Å². The van der Waals surface area contributed by atoms with E-state index >= 15 is 0 Å². The van der Waals surface area contributed by atoms with Crippen molar-refractivity contribution in [2.24, 2.45) is 5.92 Å². The van der Waals surface area contributed by atoms with Crippen LogP contribution in [0.15, 0.2) is 34.9 Å². The van der Waals surface area contributed by atoms with E-state index in [9.17, 15) is 9.59 Å². The van der Waals surface area contributed by atoms with Gasteiger partial charge in [-0.15, -0.1) is 0 Å². The van der Waals surface area contributed by atoms with Crippen molar-refractivity contribution >= 4 is 11.9 Å². The van der Waals surface area contributed by atoms with Crippen molar-refractivity contribution in [3.05, 3.63) is 47.7 Å². The summed E-state index contributed by atoms with van der Waals surface area (Å²) in [5.41, 5.74) is 0.656. The van der Waals surface area contributed by atoms with E-state index in [2.05, 4.69) is 30.5 Å². The molecule has 0 spiro atoms. The van der Waals surface area contributed by atoms with E-state index in [0.29, 0.717) is 30.5 Å². The van der Waals surface area contributed by atoms with Crippen LogP contribution in [-0.2, 0) is 11.3 Å². The second kappa shape index (κ2) is 11.2. The van der Waals surface area contributed by atoms with Gasteiger partial charge >= 0.3 is 5.97 Å². The Morgan fingerprint density at radius 1 is 1.21 bits per heavy atom. The fourth-order valence-electron chi connectivity index (χ4n) is 2.62. The molecule has 0 unspecified atom stereocenters. The van der Waals surface area contributed by atoms with Gasteiger partial charge in [-0.1, -0.05) is 27.2 Å². The Hall–Kier alpha value is -2.83. The molecular formula is C22H30N2O5. The summed E-state index contributed by atoms with van der Waals surface area (Å²) in [7, 11) is 1.28. The lowest BCUT2D eigenvalue weighted by Crippen LogP contribution is -2.32. The van der Waals surface area contributed by atoms with E-state index in [1.54, 1.807) is 17.0 Å². The minimum Gasteiger partial charge on any atom is -0.494 e. The van der Waals surface area contributed by atoms with Gasteiger partial charge in [0.15, 0.2) is 5.69 Å². The molecule has 158 valence electrons. The van der Waals surface area contributed by atoms with Gasteiger partial charge in [-0.05, 0) is 43.0 Å². The van der Waals surface area contributed by atoms with Crippen LogP contribution in [0.4, 0.5) is 0 Å². The summed E-state index contributed by atoms with van der Waals surface area (Å²) in [5, 5.41) is 0. The normalized spacial score (nSPS) is 10.8. The topological polar surface area (TPSA) is 81.9 Å². The standard InChI is InChI=1S/C22H30N2O5/c1-5-6-13-28-18-9-7-17(8-10-18)21(25)24(12-11-16(2)3)14-20-23-19(15-29-20)22(26)27-4/h7-10,15-16H,5-6,11-14H2,1-4H3. The first-order valence-corrected chi connectivity index (χ1v) is 9.99. The molecule has 0 aliphatic carbocycles. The predicted octanol–water partition coefficient (Wildman–Crippen LogP) is 4.33. The first-order valence-electron chi connectivity index (χ1n) is 9.99. The van der Waals surface area contributed by atoms with Gasteiger partial charge in [0.25, 0.3) is 5.91 Å². The number of unbranched alkanes of at least 4 members (excludes halogenated alkanes) is 1. The summed E-state index contributed by atoms with van der Waals surface area (Å²) in [6, 6.07) is 7.15. The van der Waals surface area contributed by atoms with Gasteiger partial charge in [0.05, 0.1) is 20.3 Å². The summed E-state index contributed by atoms with van der Waals surface area (Å²) in [5.74, 6) is 0.790. The lowest BCUT2D eigenvalue weighted by atomic mass is 10.1. The highest BCUT2D eigenvalue weighted by atomic mass is 16.5. The highest BCUT2D eigenvalue weighted by molar-refractivity contribution is 5.94. The molecule has 1 heterocycles. The molecule has 0 aliphatic heterocycles. The Morgan fingerprint density at radius 3 is 2.55 bits per heavy atom. The molecule has 1 aromatic carbocycles. The van der Waals surface area contributed by atoms with E-state index in [4.69, 9.17) is 9.15 Å². The number of amides is 1. The number of carbonyl (C=O) groups excluding carboxylic acids is 2. The number of methoxy groups -OCH3 is 1. The fraction of sp³-hybridized carbons (Fsp3) is 0.500. The molecule has 29 heavy (non-hydrogen) atoms. The molecular weight excluding hydrogens is 372 g/mol. The second-order valence-electron chi connectivity index (χ2n) is 7.25. The summed E-state index contributed by atoms with van der Waals surface area (Å²) < 4.78 is 15.7. The van der Waals surface area contributed by atoms with Crippen LogP contribution in [0.2, 0.25) is 0 Å². The Morgan fingerprint density at radius 2 is 1.93 bits per heavy atom.